The minimum atomic E-state index is -0.302. The molecule has 0 heterocycles. The van der Waals surface area contributed by atoms with Gasteiger partial charge in [-0.3, -0.25) is 4.79 Å². The highest BCUT2D eigenvalue weighted by atomic mass is 16.5. The van der Waals surface area contributed by atoms with E-state index in [1.807, 2.05) is 6.92 Å². The number of carbonyl (C=O) groups excluding carboxylic acids is 1. The number of aromatic hydroxyl groups is 1. The minimum absolute atomic E-state index is 0.124. The first-order valence-corrected chi connectivity index (χ1v) is 4.34. The zero-order valence-electron chi connectivity index (χ0n) is 8.20. The van der Waals surface area contributed by atoms with Crippen LogP contribution in [0.3, 0.4) is 0 Å². The molecule has 0 aromatic heterocycles. The predicted octanol–water partition coefficient (Wildman–Crippen LogP) is 1.15. The van der Waals surface area contributed by atoms with Crippen LogP contribution in [-0.4, -0.2) is 24.7 Å². The largest absolute Gasteiger partial charge is 0.504 e. The Labute approximate surface area is 82.5 Å². The molecule has 0 bridgehead atoms. The van der Waals surface area contributed by atoms with Crippen molar-refractivity contribution in [2.75, 3.05) is 13.7 Å². The Hall–Kier alpha value is -1.71. The topological polar surface area (TPSA) is 58.6 Å². The van der Waals surface area contributed by atoms with Gasteiger partial charge < -0.3 is 15.2 Å². The van der Waals surface area contributed by atoms with E-state index < -0.39 is 0 Å². The van der Waals surface area contributed by atoms with E-state index in [9.17, 15) is 9.90 Å². The van der Waals surface area contributed by atoms with Crippen LogP contribution in [0.4, 0.5) is 0 Å². The first kappa shape index (κ1) is 10.4. The first-order chi connectivity index (χ1) is 6.70. The van der Waals surface area contributed by atoms with Gasteiger partial charge >= 0.3 is 0 Å². The normalized spacial score (nSPS) is 9.57. The molecule has 1 rings (SSSR count). The molecule has 4 nitrogen and oxygen atoms in total. The average molecular weight is 195 g/mol. The predicted molar refractivity (Wildman–Crippen MR) is 52.7 cm³/mol. The quantitative estimate of drug-likeness (QED) is 0.760. The monoisotopic (exact) mass is 195 g/mol. The smallest absolute Gasteiger partial charge is 0.255 e. The number of hydrogen-bond donors (Lipinski definition) is 2. The molecule has 0 atom stereocenters. The van der Waals surface area contributed by atoms with E-state index in [1.54, 1.807) is 18.2 Å². The number of phenols is 1. The summed E-state index contributed by atoms with van der Waals surface area (Å²) in [6, 6.07) is 4.80. The number of nitrogens with one attached hydrogen (secondary N) is 1. The van der Waals surface area contributed by atoms with Crippen molar-refractivity contribution in [2.24, 2.45) is 0 Å². The molecular formula is C10H13NO3. The molecule has 2 N–H and O–H groups in total. The van der Waals surface area contributed by atoms with Gasteiger partial charge in [0.25, 0.3) is 5.91 Å². The molecule has 4 heteroatoms. The van der Waals surface area contributed by atoms with Gasteiger partial charge in [0.15, 0.2) is 11.5 Å². The number of carbonyl (C=O) groups is 1. The summed E-state index contributed by atoms with van der Waals surface area (Å²) in [5.41, 5.74) is 0.228. The van der Waals surface area contributed by atoms with Crippen LogP contribution >= 0.6 is 0 Å². The van der Waals surface area contributed by atoms with Crippen molar-refractivity contribution in [3.8, 4) is 11.5 Å². The van der Waals surface area contributed by atoms with Crippen molar-refractivity contribution in [2.45, 2.75) is 6.92 Å². The average Bonchev–Trinajstić information content (AvgIpc) is 2.18. The van der Waals surface area contributed by atoms with Gasteiger partial charge in [-0.05, 0) is 19.1 Å². The summed E-state index contributed by atoms with van der Waals surface area (Å²) in [5, 5.41) is 12.2. The Morgan fingerprint density at radius 3 is 2.86 bits per heavy atom. The Morgan fingerprint density at radius 2 is 2.29 bits per heavy atom. The molecule has 0 fully saturated rings. The molecule has 0 unspecified atom stereocenters. The number of ether oxygens (including phenoxy) is 1. The third kappa shape index (κ3) is 1.96. The summed E-state index contributed by atoms with van der Waals surface area (Å²) in [5.74, 6) is -0.126. The lowest BCUT2D eigenvalue weighted by Crippen LogP contribution is -2.22. The molecule has 0 radical (unpaired) electrons. The van der Waals surface area contributed by atoms with Gasteiger partial charge in [0.1, 0.15) is 0 Å². The second-order valence-corrected chi connectivity index (χ2v) is 2.72. The maximum Gasteiger partial charge on any atom is 0.255 e. The summed E-state index contributed by atoms with van der Waals surface area (Å²) in [6.07, 6.45) is 0. The second kappa shape index (κ2) is 4.50. The van der Waals surface area contributed by atoms with Crippen LogP contribution in [0.5, 0.6) is 11.5 Å². The highest BCUT2D eigenvalue weighted by Crippen LogP contribution is 2.28. The van der Waals surface area contributed by atoms with Crippen LogP contribution in [0.1, 0.15) is 17.3 Å². The van der Waals surface area contributed by atoms with E-state index in [-0.39, 0.29) is 17.2 Å². The number of hydrogen-bond acceptors (Lipinski definition) is 3. The van der Waals surface area contributed by atoms with Crippen LogP contribution in [-0.2, 0) is 0 Å². The summed E-state index contributed by atoms with van der Waals surface area (Å²) < 4.78 is 4.88. The molecular weight excluding hydrogens is 182 g/mol. The van der Waals surface area contributed by atoms with E-state index in [1.165, 1.54) is 7.11 Å². The molecule has 0 aliphatic carbocycles. The van der Waals surface area contributed by atoms with Crippen molar-refractivity contribution in [1.29, 1.82) is 0 Å². The van der Waals surface area contributed by atoms with Gasteiger partial charge in [-0.2, -0.15) is 0 Å². The number of para-hydroxylation sites is 1. The van der Waals surface area contributed by atoms with Gasteiger partial charge in [0, 0.05) is 6.54 Å². The lowest BCUT2D eigenvalue weighted by Gasteiger charge is -2.07. The molecule has 1 aromatic carbocycles. The highest BCUT2D eigenvalue weighted by molar-refractivity contribution is 5.97. The third-order valence-corrected chi connectivity index (χ3v) is 1.80. The summed E-state index contributed by atoms with van der Waals surface area (Å²) in [7, 11) is 1.44. The van der Waals surface area contributed by atoms with Gasteiger partial charge in [0.2, 0.25) is 0 Å². The fraction of sp³-hybridized carbons (Fsp3) is 0.300. The number of amides is 1. The molecule has 0 saturated carbocycles. The molecule has 14 heavy (non-hydrogen) atoms. The Morgan fingerprint density at radius 1 is 1.57 bits per heavy atom. The van der Waals surface area contributed by atoms with Crippen molar-refractivity contribution in [3.63, 3.8) is 0 Å². The van der Waals surface area contributed by atoms with Gasteiger partial charge in [-0.1, -0.05) is 6.07 Å². The van der Waals surface area contributed by atoms with E-state index in [0.717, 1.165) is 0 Å². The summed E-state index contributed by atoms with van der Waals surface area (Å²) in [4.78, 5) is 11.4. The Kier molecular flexibility index (Phi) is 3.34. The van der Waals surface area contributed by atoms with Crippen LogP contribution in [0.25, 0.3) is 0 Å². The molecule has 0 spiro atoms. The molecule has 1 aromatic rings. The summed E-state index contributed by atoms with van der Waals surface area (Å²) >= 11 is 0. The van der Waals surface area contributed by atoms with Crippen LogP contribution in [0.2, 0.25) is 0 Å². The van der Waals surface area contributed by atoms with Crippen molar-refractivity contribution < 1.29 is 14.6 Å². The highest BCUT2D eigenvalue weighted by Gasteiger charge is 2.13. The van der Waals surface area contributed by atoms with E-state index >= 15 is 0 Å². The van der Waals surface area contributed by atoms with E-state index in [2.05, 4.69) is 5.32 Å². The van der Waals surface area contributed by atoms with Crippen LogP contribution in [0.15, 0.2) is 18.2 Å². The van der Waals surface area contributed by atoms with Gasteiger partial charge in [0.05, 0.1) is 12.7 Å². The molecule has 76 valence electrons. The van der Waals surface area contributed by atoms with E-state index in [4.69, 9.17) is 4.74 Å². The molecule has 0 aliphatic rings. The number of methoxy groups -OCH3 is 1. The van der Waals surface area contributed by atoms with Gasteiger partial charge in [-0.25, -0.2) is 0 Å². The summed E-state index contributed by atoms with van der Waals surface area (Å²) in [6.45, 7) is 2.34. The van der Waals surface area contributed by atoms with Crippen molar-refractivity contribution in [3.05, 3.63) is 23.8 Å². The Bertz CT molecular complexity index is 336. The third-order valence-electron chi connectivity index (χ3n) is 1.80. The van der Waals surface area contributed by atoms with Gasteiger partial charge in [-0.15, -0.1) is 0 Å². The fourth-order valence-corrected chi connectivity index (χ4v) is 1.13. The number of phenolic OH excluding ortho intramolecular Hbond substituents is 1. The van der Waals surface area contributed by atoms with Crippen LogP contribution < -0.4 is 10.1 Å². The number of rotatable bonds is 3. The molecule has 0 aliphatic heterocycles. The van der Waals surface area contributed by atoms with Crippen molar-refractivity contribution >= 4 is 5.91 Å². The zero-order valence-corrected chi connectivity index (χ0v) is 8.20. The standard InChI is InChI=1S/C10H13NO3/c1-3-11-10(13)7-5-4-6-8(14-2)9(7)12/h4-6,12H,3H2,1-2H3,(H,11,13). The van der Waals surface area contributed by atoms with Crippen molar-refractivity contribution in [1.82, 2.24) is 5.32 Å². The number of benzene rings is 1. The Balaban J connectivity index is 3.03. The SMILES string of the molecule is CCNC(=O)c1cccc(OC)c1O. The zero-order chi connectivity index (χ0) is 10.6. The maximum atomic E-state index is 11.4. The fourth-order valence-electron chi connectivity index (χ4n) is 1.13. The minimum Gasteiger partial charge on any atom is -0.504 e. The van der Waals surface area contributed by atoms with Crippen LogP contribution in [0, 0.1) is 0 Å². The maximum absolute atomic E-state index is 11.4. The second-order valence-electron chi connectivity index (χ2n) is 2.72. The molecule has 1 amide bonds. The van der Waals surface area contributed by atoms with E-state index in [0.29, 0.717) is 12.3 Å². The molecule has 0 saturated heterocycles. The lowest BCUT2D eigenvalue weighted by atomic mass is 10.1. The first-order valence-electron chi connectivity index (χ1n) is 4.34. The lowest BCUT2D eigenvalue weighted by molar-refractivity contribution is 0.0952.